The highest BCUT2D eigenvalue weighted by Gasteiger charge is 1.95. The number of carbonyl (C=O) groups is 1. The number of unbranched alkanes of at least 4 members (excludes halogenated alkanes) is 2. The third kappa shape index (κ3) is 18.5. The van der Waals surface area contributed by atoms with Crippen LogP contribution in [-0.2, 0) is 4.79 Å². The lowest BCUT2D eigenvalue weighted by molar-refractivity contribution is -0.136. The molecular formula is C24H38O2. The molecule has 0 fully saturated rings. The second-order valence-corrected chi connectivity index (χ2v) is 6.95. The zero-order valence-electron chi connectivity index (χ0n) is 16.9. The van der Waals surface area contributed by atoms with E-state index in [9.17, 15) is 4.79 Å². The van der Waals surface area contributed by atoms with Crippen molar-refractivity contribution in [1.82, 2.24) is 0 Å². The third-order valence-electron chi connectivity index (χ3n) is 4.11. The Hall–Kier alpha value is -1.83. The summed E-state index contributed by atoms with van der Waals surface area (Å²) >= 11 is 0. The quantitative estimate of drug-likeness (QED) is 0.190. The van der Waals surface area contributed by atoms with E-state index >= 15 is 0 Å². The molecule has 0 saturated heterocycles. The Morgan fingerprint density at radius 2 is 1.54 bits per heavy atom. The fourth-order valence-corrected chi connectivity index (χ4v) is 2.43. The van der Waals surface area contributed by atoms with Gasteiger partial charge in [-0.05, 0) is 37.5 Å². The molecule has 0 heterocycles. The van der Waals surface area contributed by atoms with Gasteiger partial charge < -0.3 is 5.11 Å². The molecule has 0 saturated carbocycles. The zero-order chi connectivity index (χ0) is 19.5. The molecule has 0 amide bonds. The van der Waals surface area contributed by atoms with E-state index < -0.39 is 5.97 Å². The van der Waals surface area contributed by atoms with E-state index in [1.807, 2.05) is 6.08 Å². The van der Waals surface area contributed by atoms with Gasteiger partial charge in [0.05, 0.1) is 0 Å². The lowest BCUT2D eigenvalue weighted by atomic mass is 10.0. The van der Waals surface area contributed by atoms with Crippen LogP contribution >= 0.6 is 0 Å². The Morgan fingerprint density at radius 1 is 0.885 bits per heavy atom. The van der Waals surface area contributed by atoms with Crippen molar-refractivity contribution in [2.45, 2.75) is 72.1 Å². The van der Waals surface area contributed by atoms with Gasteiger partial charge in [0.1, 0.15) is 0 Å². The highest BCUT2D eigenvalue weighted by Crippen LogP contribution is 2.10. The van der Waals surface area contributed by atoms with Gasteiger partial charge in [-0.1, -0.05) is 101 Å². The minimum absolute atomic E-state index is 0.212. The Bertz CT molecular complexity index is 480. The average Bonchev–Trinajstić information content (AvgIpc) is 2.60. The second-order valence-electron chi connectivity index (χ2n) is 6.95. The second kappa shape index (κ2) is 18.0. The van der Waals surface area contributed by atoms with E-state index in [4.69, 9.17) is 5.11 Å². The van der Waals surface area contributed by atoms with Crippen LogP contribution in [0.2, 0.25) is 0 Å². The first-order chi connectivity index (χ1) is 12.6. The van der Waals surface area contributed by atoms with E-state index in [0.29, 0.717) is 18.3 Å². The fourth-order valence-electron chi connectivity index (χ4n) is 2.43. The van der Waals surface area contributed by atoms with E-state index in [2.05, 4.69) is 75.5 Å². The van der Waals surface area contributed by atoms with E-state index in [0.717, 1.165) is 12.8 Å². The molecule has 0 aliphatic carbocycles. The lowest BCUT2D eigenvalue weighted by Crippen LogP contribution is -1.92. The van der Waals surface area contributed by atoms with Gasteiger partial charge in [-0.2, -0.15) is 0 Å². The number of aliphatic carboxylic acids is 1. The number of carboxylic acids is 1. The van der Waals surface area contributed by atoms with Gasteiger partial charge in [0, 0.05) is 6.42 Å². The average molecular weight is 359 g/mol. The van der Waals surface area contributed by atoms with Crippen LogP contribution in [-0.4, -0.2) is 11.1 Å². The number of hydrogen-bond donors (Lipinski definition) is 1. The molecule has 0 rings (SSSR count). The maximum atomic E-state index is 10.4. The number of rotatable bonds is 15. The first kappa shape index (κ1) is 24.2. The highest BCUT2D eigenvalue weighted by atomic mass is 16.4. The summed E-state index contributed by atoms with van der Waals surface area (Å²) in [6.45, 7) is 6.69. The topological polar surface area (TPSA) is 37.3 Å². The molecule has 0 aromatic carbocycles. The van der Waals surface area contributed by atoms with Crippen LogP contribution in [0.1, 0.15) is 72.1 Å². The summed E-state index contributed by atoms with van der Waals surface area (Å²) in [6, 6.07) is 0. The Balaban J connectivity index is 3.80. The molecule has 2 atom stereocenters. The van der Waals surface area contributed by atoms with E-state index in [1.54, 1.807) is 0 Å². The largest absolute Gasteiger partial charge is 0.481 e. The number of allylic oxidation sites excluding steroid dienone is 10. The zero-order valence-corrected chi connectivity index (χ0v) is 16.9. The first-order valence-electron chi connectivity index (χ1n) is 10.1. The Labute approximate surface area is 161 Å². The van der Waals surface area contributed by atoms with Crippen molar-refractivity contribution in [2.24, 2.45) is 11.8 Å². The van der Waals surface area contributed by atoms with Crippen molar-refractivity contribution >= 4 is 5.97 Å². The van der Waals surface area contributed by atoms with Crippen LogP contribution in [0.25, 0.3) is 0 Å². The lowest BCUT2D eigenvalue weighted by Gasteiger charge is -2.03. The molecular weight excluding hydrogens is 320 g/mol. The minimum Gasteiger partial charge on any atom is -0.481 e. The SMILES string of the molecule is CCCCCC(C)/C=C/C=C\C/C=C\C=C\C(C)C/C=C\CCC(=O)O. The summed E-state index contributed by atoms with van der Waals surface area (Å²) in [4.78, 5) is 10.4. The molecule has 146 valence electrons. The normalized spacial score (nSPS) is 15.2. The summed E-state index contributed by atoms with van der Waals surface area (Å²) in [5, 5.41) is 8.56. The van der Waals surface area contributed by atoms with Gasteiger partial charge in [0.15, 0.2) is 0 Å². The van der Waals surface area contributed by atoms with E-state index in [-0.39, 0.29) is 6.42 Å². The van der Waals surface area contributed by atoms with Crippen LogP contribution in [0.15, 0.2) is 60.8 Å². The summed E-state index contributed by atoms with van der Waals surface area (Å²) in [7, 11) is 0. The Morgan fingerprint density at radius 3 is 2.15 bits per heavy atom. The molecule has 0 aromatic heterocycles. The standard InChI is InChI=1S/C24H38O2/c1-4-5-12-17-22(2)18-13-9-7-6-8-10-14-19-23(3)20-15-11-16-21-24(25)26/h7-11,13-15,18-19,22-23H,4-6,12,16-17,20-21H2,1-3H3,(H,25,26)/b9-7-,10-8-,15-11-,18-13+,19-14+. The fraction of sp³-hybridized carbons (Fsp3) is 0.542. The van der Waals surface area contributed by atoms with Gasteiger partial charge in [-0.15, -0.1) is 0 Å². The molecule has 1 N–H and O–H groups in total. The van der Waals surface area contributed by atoms with Crippen molar-refractivity contribution in [3.8, 4) is 0 Å². The molecule has 0 bridgehead atoms. The van der Waals surface area contributed by atoms with E-state index in [1.165, 1.54) is 25.7 Å². The van der Waals surface area contributed by atoms with Gasteiger partial charge in [0.2, 0.25) is 0 Å². The van der Waals surface area contributed by atoms with Crippen LogP contribution in [0.5, 0.6) is 0 Å². The summed E-state index contributed by atoms with van der Waals surface area (Å²) in [5.74, 6) is 0.400. The number of carboxylic acid groups (broad SMARTS) is 1. The first-order valence-corrected chi connectivity index (χ1v) is 10.1. The monoisotopic (exact) mass is 358 g/mol. The van der Waals surface area contributed by atoms with Crippen LogP contribution < -0.4 is 0 Å². The van der Waals surface area contributed by atoms with Gasteiger partial charge >= 0.3 is 5.97 Å². The van der Waals surface area contributed by atoms with Crippen molar-refractivity contribution < 1.29 is 9.90 Å². The minimum atomic E-state index is -0.737. The predicted octanol–water partition coefficient (Wildman–Crippen LogP) is 7.26. The maximum absolute atomic E-state index is 10.4. The van der Waals surface area contributed by atoms with Gasteiger partial charge in [0.25, 0.3) is 0 Å². The molecule has 2 unspecified atom stereocenters. The smallest absolute Gasteiger partial charge is 0.303 e. The Kier molecular flexibility index (Phi) is 16.7. The van der Waals surface area contributed by atoms with Crippen LogP contribution in [0.3, 0.4) is 0 Å². The van der Waals surface area contributed by atoms with Crippen molar-refractivity contribution in [1.29, 1.82) is 0 Å². The molecule has 2 nitrogen and oxygen atoms in total. The maximum Gasteiger partial charge on any atom is 0.303 e. The van der Waals surface area contributed by atoms with Crippen molar-refractivity contribution in [2.75, 3.05) is 0 Å². The molecule has 2 heteroatoms. The molecule has 0 aromatic rings. The molecule has 0 radical (unpaired) electrons. The van der Waals surface area contributed by atoms with Crippen molar-refractivity contribution in [3.05, 3.63) is 60.8 Å². The highest BCUT2D eigenvalue weighted by molar-refractivity contribution is 5.66. The van der Waals surface area contributed by atoms with Gasteiger partial charge in [-0.25, -0.2) is 0 Å². The summed E-state index contributed by atoms with van der Waals surface area (Å²) < 4.78 is 0. The van der Waals surface area contributed by atoms with Crippen molar-refractivity contribution in [3.63, 3.8) is 0 Å². The van der Waals surface area contributed by atoms with Crippen LogP contribution in [0, 0.1) is 11.8 Å². The predicted molar refractivity (Wildman–Crippen MR) is 114 cm³/mol. The molecule has 26 heavy (non-hydrogen) atoms. The molecule has 0 aliphatic rings. The molecule has 0 aliphatic heterocycles. The summed E-state index contributed by atoms with van der Waals surface area (Å²) in [6.07, 6.45) is 29.3. The van der Waals surface area contributed by atoms with Gasteiger partial charge in [-0.3, -0.25) is 4.79 Å². The summed E-state index contributed by atoms with van der Waals surface area (Å²) in [5.41, 5.74) is 0. The number of hydrogen-bond acceptors (Lipinski definition) is 1. The van der Waals surface area contributed by atoms with Crippen LogP contribution in [0.4, 0.5) is 0 Å². The third-order valence-corrected chi connectivity index (χ3v) is 4.11. The molecule has 0 spiro atoms.